The summed E-state index contributed by atoms with van der Waals surface area (Å²) in [7, 11) is 0. The highest BCUT2D eigenvalue weighted by Crippen LogP contribution is 2.15. The molecule has 0 aliphatic heterocycles. The van der Waals surface area contributed by atoms with Crippen LogP contribution in [0, 0.1) is 0 Å². The third-order valence-corrected chi connectivity index (χ3v) is 3.02. The molecule has 0 aliphatic carbocycles. The fourth-order valence-electron chi connectivity index (χ4n) is 1.32. The summed E-state index contributed by atoms with van der Waals surface area (Å²) in [5.74, 6) is -0.301. The fraction of sp³-hybridized carbons (Fsp3) is 0.364. The Morgan fingerprint density at radius 3 is 2.73 bits per heavy atom. The lowest BCUT2D eigenvalue weighted by molar-refractivity contribution is -0.120. The second kappa shape index (κ2) is 5.88. The third kappa shape index (κ3) is 3.64. The molecule has 82 valence electrons. The monoisotopic (exact) mass is 270 g/mol. The highest BCUT2D eigenvalue weighted by molar-refractivity contribution is 9.10. The SMILES string of the molecule is CCC(NCc1ccccc1Br)C(N)=O. The molecule has 0 aromatic heterocycles. The molecule has 0 fully saturated rings. The third-order valence-electron chi connectivity index (χ3n) is 2.25. The number of rotatable bonds is 5. The lowest BCUT2D eigenvalue weighted by Gasteiger charge is -2.13. The van der Waals surface area contributed by atoms with Crippen LogP contribution in [0.1, 0.15) is 18.9 Å². The van der Waals surface area contributed by atoms with Crippen molar-refractivity contribution in [3.05, 3.63) is 34.3 Å². The van der Waals surface area contributed by atoms with Crippen LogP contribution in [0.15, 0.2) is 28.7 Å². The van der Waals surface area contributed by atoms with Gasteiger partial charge >= 0.3 is 0 Å². The molecular weight excluding hydrogens is 256 g/mol. The molecule has 4 heteroatoms. The molecule has 0 aliphatic rings. The normalized spacial score (nSPS) is 12.4. The smallest absolute Gasteiger partial charge is 0.234 e. The van der Waals surface area contributed by atoms with E-state index in [9.17, 15) is 4.79 Å². The van der Waals surface area contributed by atoms with Gasteiger partial charge in [-0.3, -0.25) is 4.79 Å². The molecule has 0 heterocycles. The van der Waals surface area contributed by atoms with Gasteiger partial charge in [0.05, 0.1) is 6.04 Å². The lowest BCUT2D eigenvalue weighted by atomic mass is 10.2. The predicted molar refractivity (Wildman–Crippen MR) is 64.3 cm³/mol. The molecule has 15 heavy (non-hydrogen) atoms. The summed E-state index contributed by atoms with van der Waals surface area (Å²) in [5.41, 5.74) is 6.36. The Bertz CT molecular complexity index is 341. The number of carbonyl (C=O) groups is 1. The molecule has 1 aromatic rings. The average Bonchev–Trinajstić information content (AvgIpc) is 2.21. The van der Waals surface area contributed by atoms with E-state index in [1.807, 2.05) is 31.2 Å². The molecular formula is C11H15BrN2O. The second-order valence-electron chi connectivity index (χ2n) is 3.34. The van der Waals surface area contributed by atoms with Crippen molar-refractivity contribution < 1.29 is 4.79 Å². The molecule has 1 rings (SSSR count). The van der Waals surface area contributed by atoms with E-state index in [1.54, 1.807) is 0 Å². The number of nitrogens with one attached hydrogen (secondary N) is 1. The highest BCUT2D eigenvalue weighted by atomic mass is 79.9. The van der Waals surface area contributed by atoms with Crippen molar-refractivity contribution in [1.82, 2.24) is 5.32 Å². The molecule has 0 radical (unpaired) electrons. The van der Waals surface area contributed by atoms with Gasteiger partial charge in [-0.05, 0) is 18.1 Å². The largest absolute Gasteiger partial charge is 0.368 e. The molecule has 1 aromatic carbocycles. The van der Waals surface area contributed by atoms with Gasteiger partial charge in [0, 0.05) is 11.0 Å². The van der Waals surface area contributed by atoms with Crippen LogP contribution in [0.25, 0.3) is 0 Å². The van der Waals surface area contributed by atoms with Gasteiger partial charge in [0.15, 0.2) is 0 Å². The summed E-state index contributed by atoms with van der Waals surface area (Å²) >= 11 is 3.45. The van der Waals surface area contributed by atoms with Gasteiger partial charge in [0.1, 0.15) is 0 Å². The van der Waals surface area contributed by atoms with Crippen LogP contribution in [0.2, 0.25) is 0 Å². The van der Waals surface area contributed by atoms with Gasteiger partial charge in [0.2, 0.25) is 5.91 Å². The first-order valence-electron chi connectivity index (χ1n) is 4.91. The van der Waals surface area contributed by atoms with Crippen molar-refractivity contribution in [2.24, 2.45) is 5.73 Å². The van der Waals surface area contributed by atoms with E-state index in [-0.39, 0.29) is 11.9 Å². The molecule has 0 saturated heterocycles. The van der Waals surface area contributed by atoms with Crippen molar-refractivity contribution in [3.8, 4) is 0 Å². The first kappa shape index (κ1) is 12.2. The van der Waals surface area contributed by atoms with E-state index in [1.165, 1.54) is 0 Å². The number of benzene rings is 1. The van der Waals surface area contributed by atoms with Crippen LogP contribution >= 0.6 is 15.9 Å². The van der Waals surface area contributed by atoms with Crippen molar-refractivity contribution in [3.63, 3.8) is 0 Å². The summed E-state index contributed by atoms with van der Waals surface area (Å²) in [6, 6.07) is 7.65. The topological polar surface area (TPSA) is 55.1 Å². The molecule has 0 bridgehead atoms. The number of nitrogens with two attached hydrogens (primary N) is 1. The summed E-state index contributed by atoms with van der Waals surface area (Å²) in [5, 5.41) is 3.12. The van der Waals surface area contributed by atoms with E-state index >= 15 is 0 Å². The standard InChI is InChI=1S/C11H15BrN2O/c1-2-10(11(13)15)14-7-8-5-3-4-6-9(8)12/h3-6,10,14H,2,7H2,1H3,(H2,13,15). The first-order chi connectivity index (χ1) is 7.15. The number of hydrogen-bond acceptors (Lipinski definition) is 2. The minimum absolute atomic E-state index is 0.253. The van der Waals surface area contributed by atoms with Crippen LogP contribution in [0.4, 0.5) is 0 Å². The minimum atomic E-state index is -0.301. The Balaban J connectivity index is 2.56. The van der Waals surface area contributed by atoms with Crippen molar-refractivity contribution >= 4 is 21.8 Å². The molecule has 1 amide bonds. The molecule has 3 nitrogen and oxygen atoms in total. The first-order valence-corrected chi connectivity index (χ1v) is 5.70. The maximum absolute atomic E-state index is 11.0. The quantitative estimate of drug-likeness (QED) is 0.858. The van der Waals surface area contributed by atoms with Gasteiger partial charge in [-0.25, -0.2) is 0 Å². The Kier molecular flexibility index (Phi) is 4.78. The second-order valence-corrected chi connectivity index (χ2v) is 4.19. The zero-order valence-corrected chi connectivity index (χ0v) is 10.3. The summed E-state index contributed by atoms with van der Waals surface area (Å²) in [6.07, 6.45) is 0.708. The number of carbonyl (C=O) groups excluding carboxylic acids is 1. The zero-order chi connectivity index (χ0) is 11.3. The fourth-order valence-corrected chi connectivity index (χ4v) is 1.75. The number of primary amides is 1. The number of amides is 1. The van der Waals surface area contributed by atoms with Gasteiger partial charge in [-0.1, -0.05) is 41.1 Å². The maximum atomic E-state index is 11.0. The molecule has 3 N–H and O–H groups in total. The highest BCUT2D eigenvalue weighted by Gasteiger charge is 2.11. The number of halogens is 1. The van der Waals surface area contributed by atoms with Crippen molar-refractivity contribution in [1.29, 1.82) is 0 Å². The average molecular weight is 271 g/mol. The van der Waals surface area contributed by atoms with Gasteiger partial charge in [-0.15, -0.1) is 0 Å². The van der Waals surface area contributed by atoms with Gasteiger partial charge in [-0.2, -0.15) is 0 Å². The Morgan fingerprint density at radius 2 is 2.20 bits per heavy atom. The summed E-state index contributed by atoms with van der Waals surface area (Å²) < 4.78 is 1.04. The van der Waals surface area contributed by atoms with Crippen molar-refractivity contribution in [2.75, 3.05) is 0 Å². The van der Waals surface area contributed by atoms with E-state index in [0.717, 1.165) is 10.0 Å². The predicted octanol–water partition coefficient (Wildman–Crippen LogP) is 1.80. The van der Waals surface area contributed by atoms with Gasteiger partial charge in [0.25, 0.3) is 0 Å². The van der Waals surface area contributed by atoms with E-state index in [4.69, 9.17) is 5.73 Å². The number of hydrogen-bond donors (Lipinski definition) is 2. The Morgan fingerprint density at radius 1 is 1.53 bits per heavy atom. The molecule has 1 unspecified atom stereocenters. The van der Waals surface area contributed by atoms with Crippen LogP contribution in [-0.2, 0) is 11.3 Å². The van der Waals surface area contributed by atoms with Crippen LogP contribution in [-0.4, -0.2) is 11.9 Å². The van der Waals surface area contributed by atoms with Gasteiger partial charge < -0.3 is 11.1 Å². The Hall–Kier alpha value is -0.870. The van der Waals surface area contributed by atoms with Crippen LogP contribution in [0.3, 0.4) is 0 Å². The van der Waals surface area contributed by atoms with Crippen LogP contribution in [0.5, 0.6) is 0 Å². The van der Waals surface area contributed by atoms with E-state index < -0.39 is 0 Å². The Labute approximate surface area is 98.2 Å². The van der Waals surface area contributed by atoms with Crippen LogP contribution < -0.4 is 11.1 Å². The van der Waals surface area contributed by atoms with E-state index in [0.29, 0.717) is 13.0 Å². The molecule has 0 spiro atoms. The summed E-state index contributed by atoms with van der Waals surface area (Å²) in [6.45, 7) is 2.57. The lowest BCUT2D eigenvalue weighted by Crippen LogP contribution is -2.40. The maximum Gasteiger partial charge on any atom is 0.234 e. The van der Waals surface area contributed by atoms with Crippen molar-refractivity contribution in [2.45, 2.75) is 25.9 Å². The summed E-state index contributed by atoms with van der Waals surface area (Å²) in [4.78, 5) is 11.0. The van der Waals surface area contributed by atoms with E-state index in [2.05, 4.69) is 21.2 Å². The molecule has 1 atom stereocenters. The zero-order valence-electron chi connectivity index (χ0n) is 8.66. The minimum Gasteiger partial charge on any atom is -0.368 e. The molecule has 0 saturated carbocycles.